The van der Waals surface area contributed by atoms with Crippen LogP contribution in [0, 0.1) is 0 Å². The summed E-state index contributed by atoms with van der Waals surface area (Å²) in [7, 11) is 0. The molecular formula is C26H35N3O7. The number of nitrogens with zero attached hydrogens (tertiary/aromatic N) is 1. The zero-order valence-corrected chi connectivity index (χ0v) is 20.5. The van der Waals surface area contributed by atoms with E-state index in [1.807, 2.05) is 0 Å². The number of amides is 4. The van der Waals surface area contributed by atoms with E-state index < -0.39 is 0 Å². The van der Waals surface area contributed by atoms with Crippen molar-refractivity contribution < 1.29 is 33.4 Å². The summed E-state index contributed by atoms with van der Waals surface area (Å²) in [5, 5.41) is 5.62. The molecule has 1 aliphatic rings. The number of aldehydes is 1. The van der Waals surface area contributed by atoms with Gasteiger partial charge in [0.15, 0.2) is 0 Å². The van der Waals surface area contributed by atoms with Gasteiger partial charge in [0.05, 0.1) is 13.2 Å². The van der Waals surface area contributed by atoms with Crippen molar-refractivity contribution in [2.45, 2.75) is 38.5 Å². The van der Waals surface area contributed by atoms with Gasteiger partial charge in [-0.05, 0) is 31.4 Å². The van der Waals surface area contributed by atoms with Gasteiger partial charge in [-0.25, -0.2) is 0 Å². The van der Waals surface area contributed by atoms with Gasteiger partial charge in [-0.2, -0.15) is 0 Å². The molecule has 0 bridgehead atoms. The third-order valence-electron chi connectivity index (χ3n) is 5.43. The lowest BCUT2D eigenvalue weighted by molar-refractivity contribution is -0.137. The molecule has 0 saturated heterocycles. The summed E-state index contributed by atoms with van der Waals surface area (Å²) in [6.45, 7) is 3.32. The Hall–Kier alpha value is -3.37. The van der Waals surface area contributed by atoms with Crippen LogP contribution in [0.4, 0.5) is 0 Å². The van der Waals surface area contributed by atoms with Gasteiger partial charge in [-0.1, -0.05) is 25.0 Å². The monoisotopic (exact) mass is 501 g/mol. The SMILES string of the molecule is O=Cc1ccc(C(=O)NCCCCCCOCCOCCCNC(=O)CCN2C(=O)C=CC2=O)cc1. The summed E-state index contributed by atoms with van der Waals surface area (Å²) >= 11 is 0. The predicted molar refractivity (Wildman–Crippen MR) is 132 cm³/mol. The molecule has 1 aromatic carbocycles. The highest BCUT2D eigenvalue weighted by Gasteiger charge is 2.23. The zero-order chi connectivity index (χ0) is 26.0. The highest BCUT2D eigenvalue weighted by molar-refractivity contribution is 6.13. The van der Waals surface area contributed by atoms with Crippen LogP contribution in [0.2, 0.25) is 0 Å². The molecule has 10 heteroatoms. The van der Waals surface area contributed by atoms with E-state index in [9.17, 15) is 24.0 Å². The molecule has 0 unspecified atom stereocenters. The van der Waals surface area contributed by atoms with E-state index in [-0.39, 0.29) is 36.6 Å². The second-order valence-corrected chi connectivity index (χ2v) is 8.25. The van der Waals surface area contributed by atoms with Crippen molar-refractivity contribution in [3.05, 3.63) is 47.5 Å². The maximum atomic E-state index is 12.0. The van der Waals surface area contributed by atoms with Gasteiger partial charge in [0.25, 0.3) is 17.7 Å². The van der Waals surface area contributed by atoms with Gasteiger partial charge in [0.2, 0.25) is 5.91 Å². The van der Waals surface area contributed by atoms with E-state index in [4.69, 9.17) is 9.47 Å². The minimum atomic E-state index is -0.384. The summed E-state index contributed by atoms with van der Waals surface area (Å²) in [5.74, 6) is -1.11. The number of unbranched alkanes of at least 4 members (excludes halogenated alkanes) is 3. The topological polar surface area (TPSA) is 131 Å². The molecule has 1 aromatic rings. The maximum Gasteiger partial charge on any atom is 0.253 e. The van der Waals surface area contributed by atoms with Gasteiger partial charge in [0, 0.05) is 62.5 Å². The minimum absolute atomic E-state index is 0.0834. The molecule has 1 aliphatic heterocycles. The predicted octanol–water partition coefficient (Wildman–Crippen LogP) is 1.64. The lowest BCUT2D eigenvalue weighted by atomic mass is 10.1. The van der Waals surface area contributed by atoms with Crippen LogP contribution >= 0.6 is 0 Å². The molecule has 0 aromatic heterocycles. The standard InChI is InChI=1S/C26H35N3O7/c30-20-21-6-8-22(9-7-21)26(34)28-13-3-1-2-4-16-35-18-19-36-17-5-14-27-23(31)12-15-29-24(32)10-11-25(29)33/h6-11,20H,1-5,12-19H2,(H,27,31)(H,28,34). The number of hydrogen-bond acceptors (Lipinski definition) is 7. The molecule has 0 fully saturated rings. The van der Waals surface area contributed by atoms with Crippen molar-refractivity contribution in [3.63, 3.8) is 0 Å². The highest BCUT2D eigenvalue weighted by atomic mass is 16.5. The van der Waals surface area contributed by atoms with Crippen LogP contribution in [-0.4, -0.2) is 80.9 Å². The number of imide groups is 1. The van der Waals surface area contributed by atoms with E-state index >= 15 is 0 Å². The maximum absolute atomic E-state index is 12.0. The molecule has 36 heavy (non-hydrogen) atoms. The van der Waals surface area contributed by atoms with Gasteiger partial charge < -0.3 is 20.1 Å². The zero-order valence-electron chi connectivity index (χ0n) is 20.5. The lowest BCUT2D eigenvalue weighted by Crippen LogP contribution is -2.35. The average Bonchev–Trinajstić information content (AvgIpc) is 3.21. The van der Waals surface area contributed by atoms with E-state index in [0.29, 0.717) is 57.1 Å². The molecule has 10 nitrogen and oxygen atoms in total. The summed E-state index contributed by atoms with van der Waals surface area (Å²) < 4.78 is 11.0. The first-order valence-electron chi connectivity index (χ1n) is 12.3. The molecule has 0 spiro atoms. The number of hydrogen-bond donors (Lipinski definition) is 2. The quantitative estimate of drug-likeness (QED) is 0.167. The Morgan fingerprint density at radius 1 is 0.778 bits per heavy atom. The molecule has 0 saturated carbocycles. The largest absolute Gasteiger partial charge is 0.379 e. The molecule has 0 atom stereocenters. The van der Waals surface area contributed by atoms with Crippen molar-refractivity contribution in [1.29, 1.82) is 0 Å². The van der Waals surface area contributed by atoms with Crippen LogP contribution in [0.15, 0.2) is 36.4 Å². The molecule has 0 aliphatic carbocycles. The normalized spacial score (nSPS) is 12.7. The summed E-state index contributed by atoms with van der Waals surface area (Å²) in [6.07, 6.45) is 7.74. The molecule has 4 amide bonds. The fourth-order valence-electron chi connectivity index (χ4n) is 3.38. The first-order valence-corrected chi connectivity index (χ1v) is 12.3. The highest BCUT2D eigenvalue weighted by Crippen LogP contribution is 2.05. The Balaban J connectivity index is 1.31. The van der Waals surface area contributed by atoms with Crippen molar-refractivity contribution in [3.8, 4) is 0 Å². The number of nitrogens with one attached hydrogen (secondary N) is 2. The summed E-state index contributed by atoms with van der Waals surface area (Å²) in [6, 6.07) is 6.53. The average molecular weight is 502 g/mol. The first-order chi connectivity index (χ1) is 17.5. The van der Waals surface area contributed by atoms with E-state index in [1.54, 1.807) is 24.3 Å². The van der Waals surface area contributed by atoms with Gasteiger partial charge >= 0.3 is 0 Å². The number of rotatable bonds is 19. The first kappa shape index (κ1) is 28.9. The number of ether oxygens (including phenoxy) is 2. The van der Waals surface area contributed by atoms with Crippen molar-refractivity contribution in [1.82, 2.24) is 15.5 Å². The fourth-order valence-corrected chi connectivity index (χ4v) is 3.38. The Morgan fingerprint density at radius 2 is 1.39 bits per heavy atom. The van der Waals surface area contributed by atoms with E-state index in [1.165, 1.54) is 12.2 Å². The summed E-state index contributed by atoms with van der Waals surface area (Å²) in [4.78, 5) is 58.3. The molecule has 0 radical (unpaired) electrons. The van der Waals surface area contributed by atoms with Crippen LogP contribution in [0.3, 0.4) is 0 Å². The third kappa shape index (κ3) is 11.4. The minimum Gasteiger partial charge on any atom is -0.379 e. The molecular weight excluding hydrogens is 466 g/mol. The Kier molecular flexibility index (Phi) is 13.7. The van der Waals surface area contributed by atoms with Crippen molar-refractivity contribution >= 4 is 29.9 Å². The Labute approximate surface area is 211 Å². The van der Waals surface area contributed by atoms with E-state index in [0.717, 1.165) is 36.9 Å². The van der Waals surface area contributed by atoms with E-state index in [2.05, 4.69) is 10.6 Å². The molecule has 2 rings (SSSR count). The van der Waals surface area contributed by atoms with Crippen LogP contribution < -0.4 is 10.6 Å². The Bertz CT molecular complexity index is 881. The Morgan fingerprint density at radius 3 is 2.06 bits per heavy atom. The second kappa shape index (κ2) is 17.1. The third-order valence-corrected chi connectivity index (χ3v) is 5.43. The lowest BCUT2D eigenvalue weighted by Gasteiger charge is -2.13. The van der Waals surface area contributed by atoms with Crippen LogP contribution in [0.25, 0.3) is 0 Å². The van der Waals surface area contributed by atoms with Gasteiger partial charge in [-0.15, -0.1) is 0 Å². The molecule has 1 heterocycles. The van der Waals surface area contributed by atoms with Crippen molar-refractivity contribution in [2.24, 2.45) is 0 Å². The van der Waals surface area contributed by atoms with Crippen LogP contribution in [-0.2, 0) is 23.9 Å². The molecule has 2 N–H and O–H groups in total. The second-order valence-electron chi connectivity index (χ2n) is 8.25. The fraction of sp³-hybridized carbons (Fsp3) is 0.500. The number of benzene rings is 1. The number of carbonyl (C=O) groups is 5. The smallest absolute Gasteiger partial charge is 0.253 e. The molecule has 196 valence electrons. The van der Waals surface area contributed by atoms with Crippen LogP contribution in [0.1, 0.15) is 59.2 Å². The van der Waals surface area contributed by atoms with Crippen molar-refractivity contribution in [2.75, 3.05) is 46.1 Å². The van der Waals surface area contributed by atoms with Crippen LogP contribution in [0.5, 0.6) is 0 Å². The number of carbonyl (C=O) groups excluding carboxylic acids is 5. The van der Waals surface area contributed by atoms with Gasteiger partial charge in [0.1, 0.15) is 6.29 Å². The van der Waals surface area contributed by atoms with Gasteiger partial charge in [-0.3, -0.25) is 28.9 Å². The summed E-state index contributed by atoms with van der Waals surface area (Å²) in [5.41, 5.74) is 1.09.